The van der Waals surface area contributed by atoms with Gasteiger partial charge in [0.1, 0.15) is 30.2 Å². The predicted molar refractivity (Wildman–Crippen MR) is 178 cm³/mol. The molecule has 2 fully saturated rings. The van der Waals surface area contributed by atoms with Crippen molar-refractivity contribution in [1.82, 2.24) is 24.8 Å². The molecule has 3 aliphatic rings. The van der Waals surface area contributed by atoms with Crippen LogP contribution < -0.4 is 20.5 Å². The van der Waals surface area contributed by atoms with E-state index in [0.717, 1.165) is 11.1 Å². The van der Waals surface area contributed by atoms with Gasteiger partial charge in [-0.05, 0) is 26.0 Å². The molecule has 0 spiro atoms. The maximum absolute atomic E-state index is 13.7. The number of nitrogen functional groups attached to an aromatic ring is 1. The largest absolute Gasteiger partial charge is 0.440 e. The van der Waals surface area contributed by atoms with E-state index in [1.165, 1.54) is 6.33 Å². The highest BCUT2D eigenvalue weighted by Crippen LogP contribution is 2.50. The molecule has 244 valence electrons. The van der Waals surface area contributed by atoms with Gasteiger partial charge in [-0.1, -0.05) is 88.7 Å². The van der Waals surface area contributed by atoms with Crippen LogP contribution in [0.25, 0.3) is 11.2 Å². The lowest BCUT2D eigenvalue weighted by molar-refractivity contribution is -0.191. The number of nitrogens with zero attached hydrogens (tertiary/aromatic N) is 4. The number of aromatic nitrogens is 4. The van der Waals surface area contributed by atoms with Crippen molar-refractivity contribution in [2.45, 2.75) is 50.0 Å². The quantitative estimate of drug-likeness (QED) is 0.215. The second-order valence-corrected chi connectivity index (χ2v) is 13.0. The van der Waals surface area contributed by atoms with E-state index >= 15 is 0 Å². The van der Waals surface area contributed by atoms with Crippen LogP contribution in [0.3, 0.4) is 0 Å². The minimum absolute atomic E-state index is 0.216. The normalized spacial score (nSPS) is 23.5. The maximum atomic E-state index is 13.7. The summed E-state index contributed by atoms with van der Waals surface area (Å²) in [6.07, 6.45) is 4.81. The molecule has 12 nitrogen and oxygen atoms in total. The zero-order valence-corrected chi connectivity index (χ0v) is 27.5. The molecule has 2 aromatic heterocycles. The van der Waals surface area contributed by atoms with Crippen molar-refractivity contribution in [2.75, 3.05) is 12.3 Å². The zero-order valence-electron chi connectivity index (χ0n) is 25.9. The van der Waals surface area contributed by atoms with Gasteiger partial charge in [-0.25, -0.2) is 15.0 Å². The molecular weight excluding hydrogens is 680 g/mol. The second-order valence-electron chi connectivity index (χ2n) is 12.1. The number of anilines is 1. The number of nitrogens with two attached hydrogens (primary N) is 1. The number of halogens is 1. The molecule has 0 radical (unpaired) electrons. The Morgan fingerprint density at radius 2 is 1.69 bits per heavy atom. The Labute approximate surface area is 284 Å². The summed E-state index contributed by atoms with van der Waals surface area (Å²) < 4.78 is 34.5. The van der Waals surface area contributed by atoms with E-state index in [1.807, 2.05) is 86.7 Å². The number of imidazole rings is 1. The Kier molecular flexibility index (Phi) is 7.44. The number of rotatable bonds is 7. The second kappa shape index (κ2) is 11.7. The number of hydrogen-bond acceptors (Lipinski definition) is 10. The molecule has 4 atom stereocenters. The van der Waals surface area contributed by atoms with E-state index < -0.39 is 36.1 Å². The molecule has 5 heterocycles. The van der Waals surface area contributed by atoms with Crippen molar-refractivity contribution >= 4 is 38.8 Å². The molecule has 0 saturated carbocycles. The number of hydrogen-bond donors (Lipinski definition) is 2. The monoisotopic (exact) mass is 710 g/mol. The van der Waals surface area contributed by atoms with E-state index in [4.69, 9.17) is 29.4 Å². The lowest BCUT2D eigenvalue weighted by atomic mass is 9.97. The topological polar surface area (TPSA) is 145 Å². The van der Waals surface area contributed by atoms with Crippen molar-refractivity contribution in [3.63, 3.8) is 0 Å². The number of fused-ring (bicyclic) bond motifs is 3. The predicted octanol–water partition coefficient (Wildman–Crippen LogP) is 5.25. The molecule has 48 heavy (non-hydrogen) atoms. The maximum Gasteiger partial charge on any atom is 0.305 e. The van der Waals surface area contributed by atoms with Crippen molar-refractivity contribution in [2.24, 2.45) is 0 Å². The summed E-state index contributed by atoms with van der Waals surface area (Å²) in [7, 11) is 0. The molecule has 2 unspecified atom stereocenters. The first-order chi connectivity index (χ1) is 23.2. The molecule has 0 aliphatic carbocycles. The SMILES string of the molecule is CC1(C)OC2C(O1)[C@@H](/C=C/CNC(=O)c1cc(Br)cc3c1OC(c1ccccc1)(c1ccccc1)O3)O[C@H]2n1cnc2c(N)ncnc21. The summed E-state index contributed by atoms with van der Waals surface area (Å²) in [6.45, 7) is 3.94. The Bertz CT molecular complexity index is 2000. The summed E-state index contributed by atoms with van der Waals surface area (Å²) in [6, 6.07) is 22.9. The molecule has 0 bridgehead atoms. The number of nitrogens with one attached hydrogen (secondary N) is 1. The molecule has 8 rings (SSSR count). The highest BCUT2D eigenvalue weighted by molar-refractivity contribution is 9.10. The minimum Gasteiger partial charge on any atom is -0.440 e. The minimum atomic E-state index is -1.26. The molecule has 1 amide bonds. The van der Waals surface area contributed by atoms with E-state index in [9.17, 15) is 4.79 Å². The van der Waals surface area contributed by atoms with Crippen LogP contribution in [0.1, 0.15) is 41.6 Å². The first-order valence-electron chi connectivity index (χ1n) is 15.4. The fourth-order valence-electron chi connectivity index (χ4n) is 6.45. The number of ether oxygens (including phenoxy) is 5. The van der Waals surface area contributed by atoms with Crippen LogP contribution in [0.4, 0.5) is 5.82 Å². The lowest BCUT2D eigenvalue weighted by Gasteiger charge is -2.28. The van der Waals surface area contributed by atoms with Crippen LogP contribution in [-0.4, -0.2) is 56.1 Å². The number of benzene rings is 3. The molecule has 3 aromatic carbocycles. The fraction of sp³-hybridized carbons (Fsp3) is 0.257. The molecule has 3 aliphatic heterocycles. The molecular formula is C35H31BrN6O6. The first-order valence-corrected chi connectivity index (χ1v) is 16.2. The summed E-state index contributed by atoms with van der Waals surface area (Å²) in [5.41, 5.74) is 8.96. The molecule has 2 saturated heterocycles. The van der Waals surface area contributed by atoms with Gasteiger partial charge in [0.25, 0.3) is 5.91 Å². The molecule has 5 aromatic rings. The van der Waals surface area contributed by atoms with Gasteiger partial charge in [-0.3, -0.25) is 9.36 Å². The average molecular weight is 712 g/mol. The Morgan fingerprint density at radius 3 is 2.42 bits per heavy atom. The van der Waals surface area contributed by atoms with Crippen LogP contribution in [0.15, 0.2) is 102 Å². The van der Waals surface area contributed by atoms with Gasteiger partial charge in [-0.15, -0.1) is 0 Å². The third-order valence-corrected chi connectivity index (χ3v) is 8.96. The number of carbonyl (C=O) groups excluding carboxylic acids is 1. The number of carbonyl (C=O) groups is 1. The number of amides is 1. The van der Waals surface area contributed by atoms with Gasteiger partial charge in [0.05, 0.1) is 11.9 Å². The fourth-order valence-corrected chi connectivity index (χ4v) is 6.88. The summed E-state index contributed by atoms with van der Waals surface area (Å²) in [4.78, 5) is 26.4. The average Bonchev–Trinajstić information content (AvgIpc) is 3.84. The van der Waals surface area contributed by atoms with E-state index in [0.29, 0.717) is 32.7 Å². The van der Waals surface area contributed by atoms with Crippen LogP contribution in [0.2, 0.25) is 0 Å². The van der Waals surface area contributed by atoms with E-state index in [-0.39, 0.29) is 18.3 Å². The summed E-state index contributed by atoms with van der Waals surface area (Å²) in [5.74, 6) is -1.32. The highest BCUT2D eigenvalue weighted by Gasteiger charge is 2.55. The Hall–Kier alpha value is -4.82. The van der Waals surface area contributed by atoms with Crippen molar-refractivity contribution in [3.05, 3.63) is 119 Å². The third-order valence-electron chi connectivity index (χ3n) is 8.50. The standard InChI is InChI=1S/C35H31BrN6O6/c1-34(2)46-28-24(44-33(29(28)47-34)42-19-41-26-30(37)39-18-40-31(26)42)14-9-15-38-32(43)23-16-22(36)17-25-27(23)48-35(45-25,20-10-5-3-6-11-20)21-12-7-4-8-13-21/h3-14,16-19,24,28-29,33H,15H2,1-2H3,(H,38,43)(H2,37,39,40)/b14-9+/t24-,28?,29?,33-/m1/s1. The van der Waals surface area contributed by atoms with Gasteiger partial charge in [0.15, 0.2) is 35.0 Å². The van der Waals surface area contributed by atoms with Crippen molar-refractivity contribution in [3.8, 4) is 11.5 Å². The van der Waals surface area contributed by atoms with Crippen LogP contribution in [-0.2, 0) is 20.0 Å². The summed E-state index contributed by atoms with van der Waals surface area (Å²) in [5, 5.41) is 2.98. The van der Waals surface area contributed by atoms with Crippen LogP contribution in [0.5, 0.6) is 11.5 Å². The Balaban J connectivity index is 1.01. The zero-order chi connectivity index (χ0) is 33.0. The van der Waals surface area contributed by atoms with Gasteiger partial charge in [0, 0.05) is 22.1 Å². The van der Waals surface area contributed by atoms with Gasteiger partial charge < -0.3 is 34.7 Å². The van der Waals surface area contributed by atoms with E-state index in [2.05, 4.69) is 36.2 Å². The van der Waals surface area contributed by atoms with Crippen LogP contribution >= 0.6 is 15.9 Å². The Morgan fingerprint density at radius 1 is 0.979 bits per heavy atom. The first kappa shape index (κ1) is 30.5. The summed E-state index contributed by atoms with van der Waals surface area (Å²) >= 11 is 3.54. The molecule has 3 N–H and O–H groups in total. The van der Waals surface area contributed by atoms with Crippen molar-refractivity contribution < 1.29 is 28.5 Å². The van der Waals surface area contributed by atoms with Gasteiger partial charge >= 0.3 is 5.79 Å². The third kappa shape index (κ3) is 5.19. The highest BCUT2D eigenvalue weighted by atomic mass is 79.9. The van der Waals surface area contributed by atoms with Crippen molar-refractivity contribution in [1.29, 1.82) is 0 Å². The lowest BCUT2D eigenvalue weighted by Crippen LogP contribution is -2.37. The smallest absolute Gasteiger partial charge is 0.305 e. The van der Waals surface area contributed by atoms with Gasteiger partial charge in [-0.2, -0.15) is 0 Å². The van der Waals surface area contributed by atoms with Gasteiger partial charge in [0.2, 0.25) is 0 Å². The molecule has 13 heteroatoms. The van der Waals surface area contributed by atoms with Crippen LogP contribution in [0, 0.1) is 0 Å². The van der Waals surface area contributed by atoms with E-state index in [1.54, 1.807) is 23.0 Å².